The van der Waals surface area contributed by atoms with Gasteiger partial charge in [0.1, 0.15) is 0 Å². The van der Waals surface area contributed by atoms with Crippen molar-refractivity contribution in [2.45, 2.75) is 39.3 Å². The van der Waals surface area contributed by atoms with Gasteiger partial charge in [-0.1, -0.05) is 43.1 Å². The zero-order chi connectivity index (χ0) is 30.6. The second kappa shape index (κ2) is 13.0. The van der Waals surface area contributed by atoms with Gasteiger partial charge in [-0.3, -0.25) is 13.9 Å². The van der Waals surface area contributed by atoms with Crippen LogP contribution in [0, 0.1) is 0 Å². The molecule has 0 saturated carbocycles. The summed E-state index contributed by atoms with van der Waals surface area (Å²) in [7, 11) is 0. The molecule has 1 heterocycles. The van der Waals surface area contributed by atoms with E-state index in [0.717, 1.165) is 4.57 Å². The number of nitrogens with two attached hydrogens (primary N) is 1. The molecular formula is C24H24Cl2F6N4O4. The standard InChI is InChI=1S/C22H23Cl2F3N4O2.C2HF3O2/c1-3-29(4-2)7-8-30-18-10-14(20(28)32)9-16(22(25,26)27)19(18)31(21(30)33)12-13-5-6-15(23)11-17(13)24;3-2(4,5)1(6)7/h5-6,9-11H,3-4,7-8,12H2,1-2H3,(H2,28,32);(H,6,7). The molecule has 0 unspecified atom stereocenters. The Bertz CT molecular complexity index is 1450. The summed E-state index contributed by atoms with van der Waals surface area (Å²) in [6.07, 6.45) is -9.91. The highest BCUT2D eigenvalue weighted by Gasteiger charge is 2.38. The molecule has 0 fully saturated rings. The lowest BCUT2D eigenvalue weighted by Crippen LogP contribution is -2.32. The number of benzene rings is 2. The third kappa shape index (κ3) is 7.92. The molecule has 1 aromatic heterocycles. The van der Waals surface area contributed by atoms with E-state index in [4.69, 9.17) is 38.8 Å². The molecule has 3 rings (SSSR count). The number of primary amides is 1. The lowest BCUT2D eigenvalue weighted by atomic mass is 10.1. The van der Waals surface area contributed by atoms with Gasteiger partial charge in [0.25, 0.3) is 0 Å². The maximum atomic E-state index is 14.0. The number of carbonyl (C=O) groups is 2. The van der Waals surface area contributed by atoms with Gasteiger partial charge in [0, 0.05) is 28.7 Å². The van der Waals surface area contributed by atoms with Crippen LogP contribution in [0.15, 0.2) is 35.1 Å². The highest BCUT2D eigenvalue weighted by molar-refractivity contribution is 6.35. The number of nitrogens with zero attached hydrogens (tertiary/aromatic N) is 3. The minimum atomic E-state index is -5.08. The van der Waals surface area contributed by atoms with Crippen LogP contribution >= 0.6 is 23.2 Å². The van der Waals surface area contributed by atoms with Gasteiger partial charge < -0.3 is 15.7 Å². The maximum absolute atomic E-state index is 14.0. The monoisotopic (exact) mass is 616 g/mol. The van der Waals surface area contributed by atoms with Gasteiger partial charge in [-0.25, -0.2) is 9.59 Å². The fourth-order valence-corrected chi connectivity index (χ4v) is 4.24. The fourth-order valence-electron chi connectivity index (χ4n) is 3.78. The smallest absolute Gasteiger partial charge is 0.475 e. The molecule has 3 N–H and O–H groups in total. The van der Waals surface area contributed by atoms with E-state index in [9.17, 15) is 35.9 Å². The Hall–Kier alpha value is -3.23. The van der Waals surface area contributed by atoms with Crippen LogP contribution in [0.4, 0.5) is 26.3 Å². The highest BCUT2D eigenvalue weighted by Crippen LogP contribution is 2.36. The van der Waals surface area contributed by atoms with Gasteiger partial charge in [0.15, 0.2) is 0 Å². The number of carboxylic acids is 1. The molecule has 0 aliphatic rings. The third-order valence-electron chi connectivity index (χ3n) is 5.82. The number of rotatable bonds is 8. The number of fused-ring (bicyclic) bond motifs is 1. The number of halogens is 8. The number of hydrogen-bond acceptors (Lipinski definition) is 4. The Balaban J connectivity index is 0.000000708. The molecule has 0 aliphatic carbocycles. The summed E-state index contributed by atoms with van der Waals surface area (Å²) < 4.78 is 76.2. The molecule has 0 spiro atoms. The van der Waals surface area contributed by atoms with Crippen molar-refractivity contribution in [2.75, 3.05) is 19.6 Å². The molecular weight excluding hydrogens is 593 g/mol. The van der Waals surface area contributed by atoms with E-state index in [1.165, 1.54) is 16.7 Å². The van der Waals surface area contributed by atoms with Crippen molar-refractivity contribution in [1.82, 2.24) is 14.0 Å². The predicted octanol–water partition coefficient (Wildman–Crippen LogP) is 5.25. The summed E-state index contributed by atoms with van der Waals surface area (Å²) in [5.41, 5.74) is 3.30. The van der Waals surface area contributed by atoms with E-state index in [2.05, 4.69) is 0 Å². The molecule has 0 bridgehead atoms. The maximum Gasteiger partial charge on any atom is 0.490 e. The number of aromatic nitrogens is 2. The average molecular weight is 617 g/mol. The topological polar surface area (TPSA) is 111 Å². The molecule has 3 aromatic rings. The van der Waals surface area contributed by atoms with Crippen LogP contribution in [0.5, 0.6) is 0 Å². The van der Waals surface area contributed by atoms with Gasteiger partial charge in [0.05, 0.1) is 23.1 Å². The first-order chi connectivity index (χ1) is 18.4. The minimum Gasteiger partial charge on any atom is -0.475 e. The highest BCUT2D eigenvalue weighted by atomic mass is 35.5. The van der Waals surface area contributed by atoms with Gasteiger partial charge in [-0.05, 0) is 42.9 Å². The summed E-state index contributed by atoms with van der Waals surface area (Å²) in [6, 6.07) is 6.47. The molecule has 0 atom stereocenters. The number of hydrogen-bond donors (Lipinski definition) is 2. The Labute approximate surface area is 233 Å². The molecule has 0 aliphatic heterocycles. The van der Waals surface area contributed by atoms with E-state index in [-0.39, 0.29) is 34.7 Å². The Morgan fingerprint density at radius 1 is 1.00 bits per heavy atom. The Morgan fingerprint density at radius 2 is 1.57 bits per heavy atom. The first-order valence-electron chi connectivity index (χ1n) is 11.5. The van der Waals surface area contributed by atoms with Crippen molar-refractivity contribution in [3.63, 3.8) is 0 Å². The van der Waals surface area contributed by atoms with Gasteiger partial charge >= 0.3 is 24.0 Å². The Kier molecular flexibility index (Phi) is 10.7. The van der Waals surface area contributed by atoms with E-state index >= 15 is 0 Å². The first-order valence-corrected chi connectivity index (χ1v) is 12.3. The molecule has 0 radical (unpaired) electrons. The summed E-state index contributed by atoms with van der Waals surface area (Å²) in [4.78, 5) is 36.1. The molecule has 8 nitrogen and oxygen atoms in total. The number of carboxylic acid groups (broad SMARTS) is 1. The average Bonchev–Trinajstić information content (AvgIpc) is 3.10. The second-order valence-electron chi connectivity index (χ2n) is 8.34. The number of aliphatic carboxylic acids is 1. The van der Waals surface area contributed by atoms with Crippen molar-refractivity contribution in [2.24, 2.45) is 5.73 Å². The van der Waals surface area contributed by atoms with Crippen LogP contribution in [-0.2, 0) is 24.1 Å². The fraction of sp³-hybridized carbons (Fsp3) is 0.375. The van der Waals surface area contributed by atoms with Crippen LogP contribution in [0.1, 0.15) is 35.3 Å². The number of alkyl halides is 6. The largest absolute Gasteiger partial charge is 0.490 e. The van der Waals surface area contributed by atoms with Crippen molar-refractivity contribution in [1.29, 1.82) is 0 Å². The number of likely N-dealkylation sites (N-methyl/N-ethyl adjacent to an activating group) is 1. The van der Waals surface area contributed by atoms with Crippen LogP contribution in [0.2, 0.25) is 10.0 Å². The number of carbonyl (C=O) groups excluding carboxylic acids is 1. The van der Waals surface area contributed by atoms with E-state index in [1.54, 1.807) is 12.1 Å². The summed E-state index contributed by atoms with van der Waals surface area (Å²) >= 11 is 12.2. The first kappa shape index (κ1) is 33.0. The predicted molar refractivity (Wildman–Crippen MR) is 137 cm³/mol. The zero-order valence-corrected chi connectivity index (χ0v) is 22.5. The lowest BCUT2D eigenvalue weighted by Gasteiger charge is -2.18. The quantitative estimate of drug-likeness (QED) is 0.336. The van der Waals surface area contributed by atoms with Gasteiger partial charge in [-0.2, -0.15) is 26.3 Å². The van der Waals surface area contributed by atoms with Crippen LogP contribution in [-0.4, -0.2) is 56.8 Å². The molecule has 0 saturated heterocycles. The molecule has 1 amide bonds. The minimum absolute atomic E-state index is 0.0131. The van der Waals surface area contributed by atoms with Gasteiger partial charge in [-0.15, -0.1) is 0 Å². The van der Waals surface area contributed by atoms with Crippen LogP contribution in [0.3, 0.4) is 0 Å². The second-order valence-corrected chi connectivity index (χ2v) is 9.18. The zero-order valence-electron chi connectivity index (χ0n) is 21.0. The van der Waals surface area contributed by atoms with Gasteiger partial charge in [0.2, 0.25) is 5.91 Å². The molecule has 40 heavy (non-hydrogen) atoms. The SMILES string of the molecule is CCN(CC)CCn1c(=O)n(Cc2ccc(Cl)cc2Cl)c2c(C(F)(F)F)cc(C(N)=O)cc21.O=C(O)C(F)(F)F. The summed E-state index contributed by atoms with van der Waals surface area (Å²) in [5, 5.41) is 7.71. The molecule has 16 heteroatoms. The Morgan fingerprint density at radius 3 is 2.02 bits per heavy atom. The third-order valence-corrected chi connectivity index (χ3v) is 6.41. The van der Waals surface area contributed by atoms with E-state index in [0.29, 0.717) is 36.3 Å². The normalized spacial score (nSPS) is 12.0. The number of amides is 1. The van der Waals surface area contributed by atoms with E-state index in [1.807, 2.05) is 18.7 Å². The molecule has 2 aromatic carbocycles. The summed E-state index contributed by atoms with van der Waals surface area (Å²) in [6.45, 7) is 5.70. The summed E-state index contributed by atoms with van der Waals surface area (Å²) in [5.74, 6) is -3.77. The number of imidazole rings is 1. The van der Waals surface area contributed by atoms with Crippen molar-refractivity contribution < 1.29 is 41.0 Å². The lowest BCUT2D eigenvalue weighted by molar-refractivity contribution is -0.192. The van der Waals surface area contributed by atoms with E-state index < -0.39 is 35.5 Å². The van der Waals surface area contributed by atoms with Crippen LogP contribution < -0.4 is 11.4 Å². The van der Waals surface area contributed by atoms with Crippen molar-refractivity contribution in [3.8, 4) is 0 Å². The van der Waals surface area contributed by atoms with Crippen molar-refractivity contribution in [3.05, 3.63) is 67.6 Å². The van der Waals surface area contributed by atoms with Crippen LogP contribution in [0.25, 0.3) is 11.0 Å². The van der Waals surface area contributed by atoms with Crippen molar-refractivity contribution >= 4 is 46.1 Å². The molecule has 220 valence electrons.